The lowest BCUT2D eigenvalue weighted by Crippen LogP contribution is -2.13. The van der Waals surface area contributed by atoms with Crippen molar-refractivity contribution in [3.8, 4) is 0 Å². The van der Waals surface area contributed by atoms with Gasteiger partial charge in [-0.05, 0) is 40.2 Å². The van der Waals surface area contributed by atoms with Crippen molar-refractivity contribution >= 4 is 50.7 Å². The number of rotatable bonds is 2. The molecule has 3 nitrogen and oxygen atoms in total. The number of nitrogens with zero attached hydrogens (tertiary/aromatic N) is 1. The maximum Gasteiger partial charge on any atom is 0.274 e. The molecule has 1 aromatic carbocycles. The molecule has 0 aliphatic heterocycles. The molecule has 0 saturated heterocycles. The third-order valence-corrected chi connectivity index (χ3v) is 3.79. The minimum Gasteiger partial charge on any atom is -0.320 e. The van der Waals surface area contributed by atoms with Gasteiger partial charge in [-0.3, -0.25) is 9.78 Å². The van der Waals surface area contributed by atoms with Gasteiger partial charge in [0.1, 0.15) is 5.69 Å². The highest BCUT2D eigenvalue weighted by Crippen LogP contribution is 2.30. The van der Waals surface area contributed by atoms with Crippen molar-refractivity contribution in [3.63, 3.8) is 0 Å². The van der Waals surface area contributed by atoms with Crippen LogP contribution in [0.2, 0.25) is 10.0 Å². The van der Waals surface area contributed by atoms with Crippen molar-refractivity contribution < 1.29 is 4.79 Å². The van der Waals surface area contributed by atoms with E-state index in [4.69, 9.17) is 23.2 Å². The lowest BCUT2D eigenvalue weighted by Gasteiger charge is -2.07. The van der Waals surface area contributed by atoms with Crippen LogP contribution in [0.1, 0.15) is 10.5 Å². The molecule has 18 heavy (non-hydrogen) atoms. The zero-order valence-corrected chi connectivity index (χ0v) is 12.1. The SMILES string of the molecule is O=C(Nc1cccc(Cl)c1Br)c1cc(Cl)ccn1. The summed E-state index contributed by atoms with van der Waals surface area (Å²) < 4.78 is 0.627. The van der Waals surface area contributed by atoms with Crippen LogP contribution in [0.5, 0.6) is 0 Å². The molecule has 1 amide bonds. The molecule has 0 aliphatic carbocycles. The molecule has 92 valence electrons. The Kier molecular flexibility index (Phi) is 4.22. The van der Waals surface area contributed by atoms with Gasteiger partial charge >= 0.3 is 0 Å². The zero-order chi connectivity index (χ0) is 13.1. The highest BCUT2D eigenvalue weighted by molar-refractivity contribution is 9.10. The van der Waals surface area contributed by atoms with E-state index in [-0.39, 0.29) is 11.6 Å². The second-order valence-corrected chi connectivity index (χ2v) is 5.05. The Morgan fingerprint density at radius 3 is 2.78 bits per heavy atom. The number of nitrogens with one attached hydrogen (secondary N) is 1. The van der Waals surface area contributed by atoms with Gasteiger partial charge < -0.3 is 5.32 Å². The van der Waals surface area contributed by atoms with Crippen LogP contribution in [0.15, 0.2) is 41.0 Å². The number of benzene rings is 1. The summed E-state index contributed by atoms with van der Waals surface area (Å²) in [6, 6.07) is 8.30. The van der Waals surface area contributed by atoms with E-state index >= 15 is 0 Å². The molecule has 0 aliphatic rings. The van der Waals surface area contributed by atoms with Crippen LogP contribution in [0, 0.1) is 0 Å². The van der Waals surface area contributed by atoms with Crippen molar-refractivity contribution in [2.24, 2.45) is 0 Å². The molecule has 1 heterocycles. The maximum atomic E-state index is 11.9. The molecule has 0 atom stereocenters. The number of halogens is 3. The van der Waals surface area contributed by atoms with Crippen LogP contribution in [-0.2, 0) is 0 Å². The minimum atomic E-state index is -0.347. The zero-order valence-electron chi connectivity index (χ0n) is 8.95. The molecule has 2 rings (SSSR count). The lowest BCUT2D eigenvalue weighted by atomic mass is 10.3. The second kappa shape index (κ2) is 5.69. The fourth-order valence-electron chi connectivity index (χ4n) is 1.32. The molecule has 0 bridgehead atoms. The van der Waals surface area contributed by atoms with Gasteiger partial charge in [-0.1, -0.05) is 29.3 Å². The first-order valence-corrected chi connectivity index (χ1v) is 6.50. The molecule has 0 spiro atoms. The highest BCUT2D eigenvalue weighted by Gasteiger charge is 2.11. The van der Waals surface area contributed by atoms with E-state index in [1.165, 1.54) is 12.3 Å². The van der Waals surface area contributed by atoms with Crippen LogP contribution in [0.4, 0.5) is 5.69 Å². The Bertz CT molecular complexity index is 604. The van der Waals surface area contributed by atoms with E-state index in [0.29, 0.717) is 20.2 Å². The smallest absolute Gasteiger partial charge is 0.274 e. The predicted octanol–water partition coefficient (Wildman–Crippen LogP) is 4.40. The van der Waals surface area contributed by atoms with E-state index < -0.39 is 0 Å². The first-order chi connectivity index (χ1) is 8.58. The summed E-state index contributed by atoms with van der Waals surface area (Å²) in [6.45, 7) is 0. The molecule has 6 heteroatoms. The van der Waals surface area contributed by atoms with Crippen molar-refractivity contribution in [2.75, 3.05) is 5.32 Å². The predicted molar refractivity (Wildman–Crippen MR) is 76.4 cm³/mol. The average molecular weight is 346 g/mol. The molecule has 2 aromatic rings. The van der Waals surface area contributed by atoms with Crippen molar-refractivity contribution in [1.82, 2.24) is 4.98 Å². The van der Waals surface area contributed by atoms with Crippen molar-refractivity contribution in [1.29, 1.82) is 0 Å². The number of amides is 1. The van der Waals surface area contributed by atoms with E-state index in [9.17, 15) is 4.79 Å². The summed E-state index contributed by atoms with van der Waals surface area (Å²) in [4.78, 5) is 15.9. The molecular weight excluding hydrogens is 339 g/mol. The minimum absolute atomic E-state index is 0.245. The topological polar surface area (TPSA) is 42.0 Å². The van der Waals surface area contributed by atoms with Crippen molar-refractivity contribution in [3.05, 3.63) is 56.7 Å². The second-order valence-electron chi connectivity index (χ2n) is 3.41. The Hall–Kier alpha value is -1.10. The van der Waals surface area contributed by atoms with E-state index in [1.807, 2.05) is 0 Å². The van der Waals surface area contributed by atoms with Gasteiger partial charge in [-0.15, -0.1) is 0 Å². The van der Waals surface area contributed by atoms with Crippen LogP contribution in [0.3, 0.4) is 0 Å². The standard InChI is InChI=1S/C12H7BrCl2N2O/c13-11-8(15)2-1-3-9(11)17-12(18)10-6-7(14)4-5-16-10/h1-6H,(H,17,18). The van der Waals surface area contributed by atoms with Crippen LogP contribution in [-0.4, -0.2) is 10.9 Å². The summed E-state index contributed by atoms with van der Waals surface area (Å²) >= 11 is 15.0. The molecule has 1 aromatic heterocycles. The van der Waals surface area contributed by atoms with Gasteiger partial charge in [0.15, 0.2) is 0 Å². The Balaban J connectivity index is 2.24. The van der Waals surface area contributed by atoms with Crippen LogP contribution < -0.4 is 5.32 Å². The summed E-state index contributed by atoms with van der Waals surface area (Å²) in [5.41, 5.74) is 0.823. The highest BCUT2D eigenvalue weighted by atomic mass is 79.9. The van der Waals surface area contributed by atoms with E-state index in [1.54, 1.807) is 24.3 Å². The molecule has 0 saturated carbocycles. The summed E-state index contributed by atoms with van der Waals surface area (Å²) in [5, 5.41) is 3.68. The molecule has 0 fully saturated rings. The number of anilines is 1. The summed E-state index contributed by atoms with van der Waals surface area (Å²) in [7, 11) is 0. The summed E-state index contributed by atoms with van der Waals surface area (Å²) in [5.74, 6) is -0.347. The number of hydrogen-bond donors (Lipinski definition) is 1. The normalized spacial score (nSPS) is 10.2. The number of hydrogen-bond acceptors (Lipinski definition) is 2. The van der Waals surface area contributed by atoms with Gasteiger partial charge in [0.2, 0.25) is 0 Å². The van der Waals surface area contributed by atoms with Gasteiger partial charge in [0.05, 0.1) is 15.2 Å². The largest absolute Gasteiger partial charge is 0.320 e. The summed E-state index contributed by atoms with van der Waals surface area (Å²) in [6.07, 6.45) is 1.48. The lowest BCUT2D eigenvalue weighted by molar-refractivity contribution is 0.102. The third kappa shape index (κ3) is 3.02. The Morgan fingerprint density at radius 1 is 1.28 bits per heavy atom. The molecule has 0 unspecified atom stereocenters. The first-order valence-electron chi connectivity index (χ1n) is 4.95. The van der Waals surface area contributed by atoms with Crippen LogP contribution >= 0.6 is 39.1 Å². The van der Waals surface area contributed by atoms with Crippen LogP contribution in [0.25, 0.3) is 0 Å². The average Bonchev–Trinajstić information content (AvgIpc) is 2.35. The Labute approximate surface area is 122 Å². The van der Waals surface area contributed by atoms with E-state index in [2.05, 4.69) is 26.2 Å². The molecule has 0 radical (unpaired) electrons. The Morgan fingerprint density at radius 2 is 2.06 bits per heavy atom. The number of carbonyl (C=O) groups excluding carboxylic acids is 1. The number of aromatic nitrogens is 1. The molecular formula is C12H7BrCl2N2O. The number of carbonyl (C=O) groups is 1. The fraction of sp³-hybridized carbons (Fsp3) is 0. The van der Waals surface area contributed by atoms with Crippen molar-refractivity contribution in [2.45, 2.75) is 0 Å². The molecule has 1 N–H and O–H groups in total. The van der Waals surface area contributed by atoms with Gasteiger partial charge in [0, 0.05) is 11.2 Å². The maximum absolute atomic E-state index is 11.9. The fourth-order valence-corrected chi connectivity index (χ4v) is 2.01. The quantitative estimate of drug-likeness (QED) is 0.876. The van der Waals surface area contributed by atoms with Gasteiger partial charge in [-0.25, -0.2) is 0 Å². The van der Waals surface area contributed by atoms with E-state index in [0.717, 1.165) is 0 Å². The number of pyridine rings is 1. The third-order valence-electron chi connectivity index (χ3n) is 2.15. The monoisotopic (exact) mass is 344 g/mol. The first kappa shape index (κ1) is 13.3. The van der Waals surface area contributed by atoms with Gasteiger partial charge in [-0.2, -0.15) is 0 Å². The van der Waals surface area contributed by atoms with Gasteiger partial charge in [0.25, 0.3) is 5.91 Å².